The second-order valence-corrected chi connectivity index (χ2v) is 8.78. The number of carbonyl (C=O) groups excluding carboxylic acids is 1. The summed E-state index contributed by atoms with van der Waals surface area (Å²) in [4.78, 5) is 10.1. The summed E-state index contributed by atoms with van der Waals surface area (Å²) >= 11 is 0. The van der Waals surface area contributed by atoms with Crippen LogP contribution in [-0.4, -0.2) is 12.1 Å². The Labute approximate surface area is 208 Å². The lowest BCUT2D eigenvalue weighted by Crippen LogP contribution is -2.23. The first-order valence-electron chi connectivity index (χ1n) is 12.5. The van der Waals surface area contributed by atoms with Crippen LogP contribution in [0.3, 0.4) is 0 Å². The molecule has 3 nitrogen and oxygen atoms in total. The van der Waals surface area contributed by atoms with Gasteiger partial charge in [0.1, 0.15) is 6.29 Å². The highest BCUT2D eigenvalue weighted by Gasteiger charge is 2.08. The van der Waals surface area contributed by atoms with Crippen LogP contribution in [-0.2, 0) is 0 Å². The number of rotatable bonds is 5. The smallest absolute Gasteiger partial charge is 0.150 e. The first kappa shape index (κ1) is 41.2. The van der Waals surface area contributed by atoms with Crippen molar-refractivity contribution in [2.45, 2.75) is 109 Å². The van der Waals surface area contributed by atoms with Crippen molar-refractivity contribution in [3.63, 3.8) is 0 Å². The number of hydrogen-bond donors (Lipinski definition) is 2. The third-order valence-corrected chi connectivity index (χ3v) is 3.76. The molecular weight excluding hydrogens is 404 g/mol. The zero-order valence-corrected chi connectivity index (χ0v) is 24.4. The molecule has 3 heteroatoms. The number of hydrogen-bond acceptors (Lipinski definition) is 2. The number of nitrogens with two attached hydrogens (primary N) is 1. The van der Waals surface area contributed by atoms with E-state index in [1.807, 2.05) is 65.8 Å². The highest BCUT2D eigenvalue weighted by atomic mass is 16.1. The number of allylic oxidation sites excluding steroid dienone is 1. The van der Waals surface area contributed by atoms with Gasteiger partial charge in [0, 0.05) is 11.5 Å². The zero-order chi connectivity index (χ0) is 27.4. The maximum absolute atomic E-state index is 10.1. The van der Waals surface area contributed by atoms with E-state index < -0.39 is 0 Å². The van der Waals surface area contributed by atoms with Crippen LogP contribution in [0.15, 0.2) is 42.1 Å². The summed E-state index contributed by atoms with van der Waals surface area (Å²) in [6.07, 6.45) is 4.92. The summed E-state index contributed by atoms with van der Waals surface area (Å²) in [5.74, 6) is 1.85. The third-order valence-electron chi connectivity index (χ3n) is 3.76. The van der Waals surface area contributed by atoms with Crippen molar-refractivity contribution in [3.05, 3.63) is 53.3 Å². The standard InChI is InChI=1S/C8H8O.C6H14N2.C5H8.C5H12.C4H10.C2H6/c1-7-2-4-8(6-9)5-3-7;1-4(2)5(3)6(7)8;1-4-5(2)3;1-3-5-4-2;1-4(2)3;1-2/h2-6H,1H3;4-5H,1-3H3,(H3,7,8);1H2,2-3H3;3-5H2,1-2H3;4H,1-3H3;1-2H3. The molecule has 0 amide bonds. The number of aryl methyl sites for hydroxylation is 1. The van der Waals surface area contributed by atoms with Gasteiger partial charge < -0.3 is 5.73 Å². The monoisotopic (exact) mass is 462 g/mol. The minimum absolute atomic E-state index is 0.231. The maximum atomic E-state index is 10.1. The van der Waals surface area contributed by atoms with Crippen molar-refractivity contribution in [3.8, 4) is 0 Å². The van der Waals surface area contributed by atoms with Gasteiger partial charge in [0.05, 0.1) is 5.84 Å². The van der Waals surface area contributed by atoms with Gasteiger partial charge >= 0.3 is 0 Å². The van der Waals surface area contributed by atoms with Crippen LogP contribution >= 0.6 is 0 Å². The lowest BCUT2D eigenvalue weighted by atomic mass is 9.97. The van der Waals surface area contributed by atoms with E-state index in [2.05, 4.69) is 60.8 Å². The molecule has 1 atom stereocenters. The first-order valence-corrected chi connectivity index (χ1v) is 12.5. The van der Waals surface area contributed by atoms with Gasteiger partial charge in [-0.1, -0.05) is 125 Å². The molecule has 0 spiro atoms. The van der Waals surface area contributed by atoms with Crippen LogP contribution in [0.5, 0.6) is 0 Å². The van der Waals surface area contributed by atoms with E-state index in [0.717, 1.165) is 23.3 Å². The summed E-state index contributed by atoms with van der Waals surface area (Å²) in [7, 11) is 0. The van der Waals surface area contributed by atoms with Crippen LogP contribution in [0.1, 0.15) is 118 Å². The first-order chi connectivity index (χ1) is 15.3. The van der Waals surface area contributed by atoms with Crippen LogP contribution in [0.2, 0.25) is 0 Å². The molecule has 194 valence electrons. The molecule has 0 aliphatic heterocycles. The largest absolute Gasteiger partial charge is 0.387 e. The van der Waals surface area contributed by atoms with E-state index in [0.29, 0.717) is 11.8 Å². The van der Waals surface area contributed by atoms with Crippen molar-refractivity contribution in [2.24, 2.45) is 23.5 Å². The Morgan fingerprint density at radius 1 is 1.00 bits per heavy atom. The van der Waals surface area contributed by atoms with Gasteiger partial charge in [-0.2, -0.15) is 0 Å². The van der Waals surface area contributed by atoms with Gasteiger partial charge in [-0.05, 0) is 38.2 Å². The molecular formula is C30H58N2O. The molecule has 1 aromatic rings. The lowest BCUT2D eigenvalue weighted by molar-refractivity contribution is 0.112. The van der Waals surface area contributed by atoms with Crippen molar-refractivity contribution in [1.82, 2.24) is 0 Å². The van der Waals surface area contributed by atoms with Crippen molar-refractivity contribution >= 4 is 12.1 Å². The minimum atomic E-state index is 0.231. The van der Waals surface area contributed by atoms with Gasteiger partial charge in [-0.15, -0.1) is 5.73 Å². The summed E-state index contributed by atoms with van der Waals surface area (Å²) in [6, 6.07) is 7.46. The normalized spacial score (nSPS) is 9.30. The summed E-state index contributed by atoms with van der Waals surface area (Å²) < 4.78 is 0. The fourth-order valence-electron chi connectivity index (χ4n) is 1.36. The molecule has 0 saturated carbocycles. The fraction of sp³-hybridized carbons (Fsp3) is 0.633. The molecule has 0 saturated heterocycles. The Morgan fingerprint density at radius 3 is 1.45 bits per heavy atom. The van der Waals surface area contributed by atoms with Crippen LogP contribution < -0.4 is 5.73 Å². The van der Waals surface area contributed by atoms with Gasteiger partial charge in [0.15, 0.2) is 0 Å². The molecule has 0 bridgehead atoms. The quantitative estimate of drug-likeness (QED) is 0.198. The number of amidine groups is 1. The topological polar surface area (TPSA) is 66.9 Å². The zero-order valence-electron chi connectivity index (χ0n) is 24.4. The van der Waals surface area contributed by atoms with E-state index in [-0.39, 0.29) is 5.92 Å². The second-order valence-electron chi connectivity index (χ2n) is 8.78. The fourth-order valence-corrected chi connectivity index (χ4v) is 1.36. The molecule has 3 N–H and O–H groups in total. The summed E-state index contributed by atoms with van der Waals surface area (Å²) in [5.41, 5.74) is 11.0. The average Bonchev–Trinajstić information content (AvgIpc) is 2.76. The molecule has 0 aliphatic rings. The van der Waals surface area contributed by atoms with E-state index in [1.165, 1.54) is 24.8 Å². The number of unbranched alkanes of at least 4 members (excludes halogenated alkanes) is 2. The van der Waals surface area contributed by atoms with E-state index in [9.17, 15) is 4.79 Å². The third kappa shape index (κ3) is 48.5. The molecule has 0 fully saturated rings. The molecule has 33 heavy (non-hydrogen) atoms. The van der Waals surface area contributed by atoms with Gasteiger partial charge in [0.25, 0.3) is 0 Å². The molecule has 0 aliphatic carbocycles. The average molecular weight is 463 g/mol. The molecule has 0 radical (unpaired) electrons. The number of benzene rings is 1. The predicted molar refractivity (Wildman–Crippen MR) is 154 cm³/mol. The van der Waals surface area contributed by atoms with E-state index >= 15 is 0 Å². The van der Waals surface area contributed by atoms with Crippen molar-refractivity contribution in [1.29, 1.82) is 5.41 Å². The number of carbonyl (C=O) groups is 1. The Kier molecular flexibility index (Phi) is 40.0. The number of nitrogens with one attached hydrogen (secondary N) is 1. The van der Waals surface area contributed by atoms with Crippen LogP contribution in [0, 0.1) is 30.1 Å². The summed E-state index contributed by atoms with van der Waals surface area (Å²) in [6.45, 7) is 30.3. The van der Waals surface area contributed by atoms with E-state index in [4.69, 9.17) is 11.1 Å². The molecule has 0 heterocycles. The van der Waals surface area contributed by atoms with Gasteiger partial charge in [0.2, 0.25) is 0 Å². The predicted octanol–water partition coefficient (Wildman–Crippen LogP) is 9.64. The molecule has 1 rings (SSSR count). The molecule has 1 aromatic carbocycles. The Morgan fingerprint density at radius 2 is 1.33 bits per heavy atom. The Hall–Kier alpha value is -2.12. The van der Waals surface area contributed by atoms with Gasteiger partial charge in [-0.25, -0.2) is 0 Å². The SMILES string of the molecule is C=C=C(C)C.CC.CC(C)C.CC(C)C(C)C(=N)N.CCCCC.Cc1ccc(C=O)cc1. The van der Waals surface area contributed by atoms with Crippen LogP contribution in [0.4, 0.5) is 0 Å². The highest BCUT2D eigenvalue weighted by Crippen LogP contribution is 2.07. The van der Waals surface area contributed by atoms with Crippen molar-refractivity contribution in [2.75, 3.05) is 0 Å². The number of aldehydes is 1. The lowest BCUT2D eigenvalue weighted by Gasteiger charge is -2.11. The highest BCUT2D eigenvalue weighted by molar-refractivity contribution is 5.79. The van der Waals surface area contributed by atoms with Gasteiger partial charge in [-0.3, -0.25) is 10.2 Å². The van der Waals surface area contributed by atoms with E-state index in [1.54, 1.807) is 0 Å². The Bertz CT molecular complexity index is 571. The Balaban J connectivity index is -0.000000100. The molecule has 1 unspecified atom stereocenters. The molecule has 0 aromatic heterocycles. The minimum Gasteiger partial charge on any atom is -0.387 e. The van der Waals surface area contributed by atoms with Crippen molar-refractivity contribution < 1.29 is 4.79 Å². The summed E-state index contributed by atoms with van der Waals surface area (Å²) in [5, 5.41) is 7.01. The second kappa shape index (κ2) is 32.1. The van der Waals surface area contributed by atoms with Crippen LogP contribution in [0.25, 0.3) is 0 Å². The maximum Gasteiger partial charge on any atom is 0.150 e.